The average Bonchev–Trinajstić information content (AvgIpc) is 2.27. The molecule has 0 aliphatic rings. The van der Waals surface area contributed by atoms with Crippen LogP contribution in [0.2, 0.25) is 0 Å². The molecule has 1 aromatic carbocycles. The van der Waals surface area contributed by atoms with Gasteiger partial charge in [0, 0.05) is 5.33 Å². The van der Waals surface area contributed by atoms with E-state index < -0.39 is 0 Å². The van der Waals surface area contributed by atoms with E-state index in [9.17, 15) is 0 Å². The van der Waals surface area contributed by atoms with E-state index in [1.807, 2.05) is 25.1 Å². The van der Waals surface area contributed by atoms with Crippen LogP contribution in [0, 0.1) is 0 Å². The van der Waals surface area contributed by atoms with Gasteiger partial charge in [0.05, 0.1) is 13.2 Å². The lowest BCUT2D eigenvalue weighted by atomic mass is 10.2. The minimum atomic E-state index is 0.661. The Morgan fingerprint density at radius 1 is 1.13 bits per heavy atom. The minimum absolute atomic E-state index is 0.661. The molecule has 0 saturated heterocycles. The molecule has 84 valence electrons. The Labute approximate surface area is 99.7 Å². The standard InChI is InChI=1S/C12H17BrO2/c1-3-7-15-11-6-5-10(9-13)8-12(11)14-4-2/h5-6,8H,3-4,7,9H2,1-2H3. The maximum absolute atomic E-state index is 5.60. The summed E-state index contributed by atoms with van der Waals surface area (Å²) < 4.78 is 11.1. The second kappa shape index (κ2) is 6.72. The van der Waals surface area contributed by atoms with Crippen LogP contribution >= 0.6 is 15.9 Å². The molecule has 0 aromatic heterocycles. The third kappa shape index (κ3) is 3.74. The van der Waals surface area contributed by atoms with Crippen LogP contribution in [0.25, 0.3) is 0 Å². The zero-order valence-electron chi connectivity index (χ0n) is 9.25. The van der Waals surface area contributed by atoms with Crippen LogP contribution in [0.5, 0.6) is 11.5 Å². The summed E-state index contributed by atoms with van der Waals surface area (Å²) in [6.07, 6.45) is 1.01. The fourth-order valence-electron chi connectivity index (χ4n) is 1.24. The van der Waals surface area contributed by atoms with E-state index in [2.05, 4.69) is 22.9 Å². The summed E-state index contributed by atoms with van der Waals surface area (Å²) in [5, 5.41) is 0.834. The molecule has 2 nitrogen and oxygen atoms in total. The van der Waals surface area contributed by atoms with E-state index in [0.717, 1.165) is 29.9 Å². The van der Waals surface area contributed by atoms with Crippen LogP contribution < -0.4 is 9.47 Å². The quantitative estimate of drug-likeness (QED) is 0.734. The Morgan fingerprint density at radius 3 is 2.53 bits per heavy atom. The molecule has 1 aromatic rings. The van der Waals surface area contributed by atoms with Crippen LogP contribution in [-0.4, -0.2) is 13.2 Å². The molecular weight excluding hydrogens is 256 g/mol. The Hall–Kier alpha value is -0.700. The number of hydrogen-bond acceptors (Lipinski definition) is 2. The van der Waals surface area contributed by atoms with Gasteiger partial charge in [0.2, 0.25) is 0 Å². The van der Waals surface area contributed by atoms with Crippen LogP contribution in [-0.2, 0) is 5.33 Å². The van der Waals surface area contributed by atoms with Crippen LogP contribution in [0.4, 0.5) is 0 Å². The summed E-state index contributed by atoms with van der Waals surface area (Å²) >= 11 is 3.42. The number of hydrogen-bond donors (Lipinski definition) is 0. The van der Waals surface area contributed by atoms with Gasteiger partial charge < -0.3 is 9.47 Å². The topological polar surface area (TPSA) is 18.5 Å². The lowest BCUT2D eigenvalue weighted by Gasteiger charge is -2.12. The van der Waals surface area contributed by atoms with Crippen molar-refractivity contribution >= 4 is 15.9 Å². The summed E-state index contributed by atoms with van der Waals surface area (Å²) in [6.45, 7) is 5.46. The van der Waals surface area contributed by atoms with Gasteiger partial charge in [0.15, 0.2) is 11.5 Å². The molecule has 0 bridgehead atoms. The van der Waals surface area contributed by atoms with Crippen molar-refractivity contribution < 1.29 is 9.47 Å². The molecule has 15 heavy (non-hydrogen) atoms. The summed E-state index contributed by atoms with van der Waals surface area (Å²) in [6, 6.07) is 6.03. The first-order chi connectivity index (χ1) is 7.31. The molecule has 0 heterocycles. The maximum Gasteiger partial charge on any atom is 0.161 e. The smallest absolute Gasteiger partial charge is 0.161 e. The first kappa shape index (κ1) is 12.4. The zero-order chi connectivity index (χ0) is 11.1. The van der Waals surface area contributed by atoms with Crippen molar-refractivity contribution in [2.45, 2.75) is 25.6 Å². The van der Waals surface area contributed by atoms with E-state index >= 15 is 0 Å². The first-order valence-corrected chi connectivity index (χ1v) is 6.38. The molecule has 0 N–H and O–H groups in total. The molecule has 0 aliphatic carbocycles. The van der Waals surface area contributed by atoms with Gasteiger partial charge in [-0.3, -0.25) is 0 Å². The van der Waals surface area contributed by atoms with Crippen molar-refractivity contribution in [1.29, 1.82) is 0 Å². The van der Waals surface area contributed by atoms with E-state index in [1.54, 1.807) is 0 Å². The number of ether oxygens (including phenoxy) is 2. The number of benzene rings is 1. The lowest BCUT2D eigenvalue weighted by Crippen LogP contribution is -2.00. The van der Waals surface area contributed by atoms with Gasteiger partial charge in [0.25, 0.3) is 0 Å². The van der Waals surface area contributed by atoms with Crippen LogP contribution in [0.3, 0.4) is 0 Å². The molecule has 0 amide bonds. The van der Waals surface area contributed by atoms with Gasteiger partial charge in [-0.1, -0.05) is 28.9 Å². The summed E-state index contributed by atoms with van der Waals surface area (Å²) in [4.78, 5) is 0. The molecule has 0 aliphatic heterocycles. The molecule has 0 atom stereocenters. The fraction of sp³-hybridized carbons (Fsp3) is 0.500. The zero-order valence-corrected chi connectivity index (χ0v) is 10.8. The van der Waals surface area contributed by atoms with Gasteiger partial charge in [0.1, 0.15) is 0 Å². The van der Waals surface area contributed by atoms with Gasteiger partial charge in [-0.25, -0.2) is 0 Å². The Bertz CT molecular complexity index is 300. The van der Waals surface area contributed by atoms with Gasteiger partial charge in [-0.15, -0.1) is 0 Å². The molecule has 0 unspecified atom stereocenters. The van der Waals surface area contributed by atoms with Crippen molar-refractivity contribution in [2.75, 3.05) is 13.2 Å². The highest BCUT2D eigenvalue weighted by molar-refractivity contribution is 9.08. The second-order valence-electron chi connectivity index (χ2n) is 3.20. The van der Waals surface area contributed by atoms with E-state index in [4.69, 9.17) is 9.47 Å². The molecule has 0 spiro atoms. The lowest BCUT2D eigenvalue weighted by molar-refractivity contribution is 0.277. The van der Waals surface area contributed by atoms with Crippen LogP contribution in [0.1, 0.15) is 25.8 Å². The van der Waals surface area contributed by atoms with E-state index in [1.165, 1.54) is 5.56 Å². The Balaban J connectivity index is 2.82. The highest BCUT2D eigenvalue weighted by atomic mass is 79.9. The molecule has 0 radical (unpaired) electrons. The number of rotatable bonds is 6. The molecule has 3 heteroatoms. The normalized spacial score (nSPS) is 10.1. The molecule has 0 fully saturated rings. The molecule has 1 rings (SSSR count). The summed E-state index contributed by atoms with van der Waals surface area (Å²) in [7, 11) is 0. The highest BCUT2D eigenvalue weighted by Crippen LogP contribution is 2.29. The summed E-state index contributed by atoms with van der Waals surface area (Å²) in [5.41, 5.74) is 1.20. The van der Waals surface area contributed by atoms with Gasteiger partial charge in [-0.2, -0.15) is 0 Å². The van der Waals surface area contributed by atoms with Crippen molar-refractivity contribution in [1.82, 2.24) is 0 Å². The SMILES string of the molecule is CCCOc1ccc(CBr)cc1OCC. The average molecular weight is 273 g/mol. The number of alkyl halides is 1. The fourth-order valence-corrected chi connectivity index (χ4v) is 1.58. The van der Waals surface area contributed by atoms with Gasteiger partial charge >= 0.3 is 0 Å². The second-order valence-corrected chi connectivity index (χ2v) is 3.76. The van der Waals surface area contributed by atoms with Crippen molar-refractivity contribution in [2.24, 2.45) is 0 Å². The third-order valence-corrected chi connectivity index (χ3v) is 2.57. The number of halogens is 1. The predicted molar refractivity (Wildman–Crippen MR) is 66.0 cm³/mol. The van der Waals surface area contributed by atoms with Crippen molar-refractivity contribution in [3.05, 3.63) is 23.8 Å². The predicted octanol–water partition coefficient (Wildman–Crippen LogP) is 3.77. The van der Waals surface area contributed by atoms with Crippen molar-refractivity contribution in [3.8, 4) is 11.5 Å². The third-order valence-electron chi connectivity index (χ3n) is 1.92. The first-order valence-electron chi connectivity index (χ1n) is 5.26. The highest BCUT2D eigenvalue weighted by Gasteiger charge is 2.05. The largest absolute Gasteiger partial charge is 0.490 e. The van der Waals surface area contributed by atoms with Crippen LogP contribution in [0.15, 0.2) is 18.2 Å². The van der Waals surface area contributed by atoms with E-state index in [-0.39, 0.29) is 0 Å². The minimum Gasteiger partial charge on any atom is -0.490 e. The summed E-state index contributed by atoms with van der Waals surface area (Å²) in [5.74, 6) is 1.67. The van der Waals surface area contributed by atoms with Crippen molar-refractivity contribution in [3.63, 3.8) is 0 Å². The van der Waals surface area contributed by atoms with E-state index in [0.29, 0.717) is 6.61 Å². The maximum atomic E-state index is 5.60. The molecule has 0 saturated carbocycles. The molecular formula is C12H17BrO2. The Kier molecular flexibility index (Phi) is 5.54. The Morgan fingerprint density at radius 2 is 1.93 bits per heavy atom. The van der Waals surface area contributed by atoms with Gasteiger partial charge in [-0.05, 0) is 31.0 Å². The monoisotopic (exact) mass is 272 g/mol.